The van der Waals surface area contributed by atoms with Crippen molar-refractivity contribution in [1.29, 1.82) is 0 Å². The third kappa shape index (κ3) is 5.57. The van der Waals surface area contributed by atoms with E-state index in [0.29, 0.717) is 23.6 Å². The maximum absolute atomic E-state index is 12.9. The van der Waals surface area contributed by atoms with Crippen LogP contribution in [-0.4, -0.2) is 24.6 Å². The van der Waals surface area contributed by atoms with Gasteiger partial charge in [-0.05, 0) is 46.7 Å². The molecule has 0 aromatic heterocycles. The maximum atomic E-state index is 12.9. The lowest BCUT2D eigenvalue weighted by Crippen LogP contribution is -2.50. The topological polar surface area (TPSA) is 76.7 Å². The molecule has 2 amide bonds. The fourth-order valence-electron chi connectivity index (χ4n) is 3.40. The Morgan fingerprint density at radius 2 is 1.71 bits per heavy atom. The smallest absolute Gasteiger partial charge is 0.251 e. The minimum atomic E-state index is -0.617. The summed E-state index contributed by atoms with van der Waals surface area (Å²) in [5.74, 6) is 0.930. The molecule has 1 heterocycles. The lowest BCUT2D eigenvalue weighted by molar-refractivity contribution is -0.124. The molecule has 2 aromatic rings. The normalized spacial score (nSPS) is 14.6. The molecule has 2 atom stereocenters. The van der Waals surface area contributed by atoms with Crippen molar-refractivity contribution in [3.05, 3.63) is 59.2 Å². The molecular formula is C25H32N2O4. The average Bonchev–Trinajstić information content (AvgIpc) is 3.22. The molecule has 2 aromatic carbocycles. The predicted octanol–water partition coefficient (Wildman–Crippen LogP) is 4.17. The summed E-state index contributed by atoms with van der Waals surface area (Å²) in [6, 6.07) is 12.5. The Kier molecular flexibility index (Phi) is 6.88. The van der Waals surface area contributed by atoms with Crippen LogP contribution in [-0.2, 0) is 16.8 Å². The van der Waals surface area contributed by atoms with Gasteiger partial charge >= 0.3 is 0 Å². The molecule has 6 heteroatoms. The van der Waals surface area contributed by atoms with E-state index < -0.39 is 6.04 Å². The lowest BCUT2D eigenvalue weighted by Gasteiger charge is -2.24. The SMILES string of the molecule is CC[C@H](C)[C@H](NC(=O)c1ccc(C(C)(C)C)cc1)C(=O)NCc1ccc2c(c1)OCO2. The number of carbonyl (C=O) groups excluding carboxylic acids is 2. The number of rotatable bonds is 7. The minimum Gasteiger partial charge on any atom is -0.454 e. The van der Waals surface area contributed by atoms with Crippen molar-refractivity contribution >= 4 is 11.8 Å². The number of amides is 2. The Balaban J connectivity index is 1.65. The highest BCUT2D eigenvalue weighted by molar-refractivity contribution is 5.97. The highest BCUT2D eigenvalue weighted by atomic mass is 16.7. The van der Waals surface area contributed by atoms with E-state index in [-0.39, 0.29) is 29.9 Å². The molecule has 2 N–H and O–H groups in total. The summed E-state index contributed by atoms with van der Waals surface area (Å²) in [6.45, 7) is 10.9. The Bertz CT molecular complexity index is 932. The molecule has 0 saturated heterocycles. The van der Waals surface area contributed by atoms with Gasteiger partial charge in [0.2, 0.25) is 12.7 Å². The molecule has 1 aliphatic heterocycles. The summed E-state index contributed by atoms with van der Waals surface area (Å²) in [5.41, 5.74) is 2.63. The highest BCUT2D eigenvalue weighted by Crippen LogP contribution is 2.32. The number of benzene rings is 2. The van der Waals surface area contributed by atoms with Crippen LogP contribution in [0.2, 0.25) is 0 Å². The molecule has 31 heavy (non-hydrogen) atoms. The summed E-state index contributed by atoms with van der Waals surface area (Å²) < 4.78 is 10.7. The fourth-order valence-corrected chi connectivity index (χ4v) is 3.40. The van der Waals surface area contributed by atoms with Crippen LogP contribution in [0.4, 0.5) is 0 Å². The Hall–Kier alpha value is -3.02. The predicted molar refractivity (Wildman–Crippen MR) is 120 cm³/mol. The van der Waals surface area contributed by atoms with E-state index in [9.17, 15) is 9.59 Å². The molecule has 3 rings (SSSR count). The van der Waals surface area contributed by atoms with E-state index in [1.54, 1.807) is 0 Å². The van der Waals surface area contributed by atoms with E-state index in [4.69, 9.17) is 9.47 Å². The van der Waals surface area contributed by atoms with Crippen molar-refractivity contribution in [1.82, 2.24) is 10.6 Å². The summed E-state index contributed by atoms with van der Waals surface area (Å²) in [6.07, 6.45) is 0.769. The van der Waals surface area contributed by atoms with E-state index in [1.807, 2.05) is 56.3 Å². The number of hydrogen-bond donors (Lipinski definition) is 2. The first-order valence-electron chi connectivity index (χ1n) is 10.8. The summed E-state index contributed by atoms with van der Waals surface area (Å²) in [7, 11) is 0. The minimum absolute atomic E-state index is 0.00504. The second-order valence-electron chi connectivity index (χ2n) is 9.07. The average molecular weight is 425 g/mol. The van der Waals surface area contributed by atoms with Crippen LogP contribution in [0.1, 0.15) is 62.5 Å². The Morgan fingerprint density at radius 1 is 1.03 bits per heavy atom. The first-order chi connectivity index (χ1) is 14.7. The maximum Gasteiger partial charge on any atom is 0.251 e. The van der Waals surface area contributed by atoms with Gasteiger partial charge in [-0.1, -0.05) is 59.2 Å². The summed E-state index contributed by atoms with van der Waals surface area (Å²) in [4.78, 5) is 25.7. The van der Waals surface area contributed by atoms with Gasteiger partial charge < -0.3 is 20.1 Å². The molecule has 0 saturated carbocycles. The third-order valence-corrected chi connectivity index (χ3v) is 5.70. The van der Waals surface area contributed by atoms with Crippen LogP contribution in [0.3, 0.4) is 0 Å². The number of fused-ring (bicyclic) bond motifs is 1. The van der Waals surface area contributed by atoms with Gasteiger partial charge in [0, 0.05) is 12.1 Å². The van der Waals surface area contributed by atoms with E-state index in [0.717, 1.165) is 17.5 Å². The second kappa shape index (κ2) is 9.41. The van der Waals surface area contributed by atoms with Crippen LogP contribution in [0.5, 0.6) is 11.5 Å². The van der Waals surface area contributed by atoms with E-state index >= 15 is 0 Å². The molecule has 0 aliphatic carbocycles. The van der Waals surface area contributed by atoms with Gasteiger partial charge in [0.25, 0.3) is 5.91 Å². The van der Waals surface area contributed by atoms with E-state index in [2.05, 4.69) is 31.4 Å². The summed E-state index contributed by atoms with van der Waals surface area (Å²) >= 11 is 0. The quantitative estimate of drug-likeness (QED) is 0.699. The summed E-state index contributed by atoms with van der Waals surface area (Å²) in [5, 5.41) is 5.87. The third-order valence-electron chi connectivity index (χ3n) is 5.70. The van der Waals surface area contributed by atoms with E-state index in [1.165, 1.54) is 0 Å². The number of ether oxygens (including phenoxy) is 2. The standard InChI is InChI=1S/C25H32N2O4/c1-6-16(2)22(27-23(28)18-8-10-19(11-9-18)25(3,4)5)24(29)26-14-17-7-12-20-21(13-17)31-15-30-20/h7-13,16,22H,6,14-15H2,1-5H3,(H,26,29)(H,27,28)/t16-,22-/m0/s1. The lowest BCUT2D eigenvalue weighted by atomic mass is 9.86. The van der Waals surface area contributed by atoms with Crippen LogP contribution in [0.25, 0.3) is 0 Å². The monoisotopic (exact) mass is 424 g/mol. The molecule has 0 radical (unpaired) electrons. The van der Waals surface area contributed by atoms with Crippen LogP contribution in [0, 0.1) is 5.92 Å². The van der Waals surface area contributed by atoms with Crippen LogP contribution < -0.4 is 20.1 Å². The highest BCUT2D eigenvalue weighted by Gasteiger charge is 2.26. The van der Waals surface area contributed by atoms with Crippen molar-refractivity contribution in [2.45, 2.75) is 59.0 Å². The van der Waals surface area contributed by atoms with Crippen molar-refractivity contribution < 1.29 is 19.1 Å². The molecule has 1 aliphatic rings. The zero-order valence-corrected chi connectivity index (χ0v) is 19.0. The van der Waals surface area contributed by atoms with Crippen molar-refractivity contribution in [3.8, 4) is 11.5 Å². The molecular weight excluding hydrogens is 392 g/mol. The first-order valence-corrected chi connectivity index (χ1v) is 10.8. The number of carbonyl (C=O) groups is 2. The van der Waals surface area contributed by atoms with Crippen molar-refractivity contribution in [2.75, 3.05) is 6.79 Å². The van der Waals surface area contributed by atoms with Gasteiger partial charge in [0.15, 0.2) is 11.5 Å². The Labute approximate surface area is 184 Å². The fraction of sp³-hybridized carbons (Fsp3) is 0.440. The van der Waals surface area contributed by atoms with Crippen molar-refractivity contribution in [3.63, 3.8) is 0 Å². The van der Waals surface area contributed by atoms with Gasteiger partial charge in [-0.15, -0.1) is 0 Å². The molecule has 0 spiro atoms. The van der Waals surface area contributed by atoms with Crippen molar-refractivity contribution in [2.24, 2.45) is 5.92 Å². The van der Waals surface area contributed by atoms with Crippen LogP contribution in [0.15, 0.2) is 42.5 Å². The number of nitrogens with one attached hydrogen (secondary N) is 2. The van der Waals surface area contributed by atoms with Gasteiger partial charge in [-0.25, -0.2) is 0 Å². The number of hydrogen-bond acceptors (Lipinski definition) is 4. The second-order valence-corrected chi connectivity index (χ2v) is 9.07. The Morgan fingerprint density at radius 3 is 2.35 bits per heavy atom. The van der Waals surface area contributed by atoms with Gasteiger partial charge in [-0.2, -0.15) is 0 Å². The van der Waals surface area contributed by atoms with Crippen LogP contribution >= 0.6 is 0 Å². The van der Waals surface area contributed by atoms with Gasteiger partial charge in [0.1, 0.15) is 6.04 Å². The molecule has 0 fully saturated rings. The molecule has 166 valence electrons. The first kappa shape index (κ1) is 22.7. The van der Waals surface area contributed by atoms with Gasteiger partial charge in [-0.3, -0.25) is 9.59 Å². The molecule has 6 nitrogen and oxygen atoms in total. The largest absolute Gasteiger partial charge is 0.454 e. The zero-order valence-electron chi connectivity index (χ0n) is 19.0. The van der Waals surface area contributed by atoms with Gasteiger partial charge in [0.05, 0.1) is 0 Å². The molecule has 0 bridgehead atoms. The zero-order chi connectivity index (χ0) is 22.6. The molecule has 0 unspecified atom stereocenters.